The number of benzene rings is 2. The Kier molecular flexibility index (Phi) is 6.76. The van der Waals surface area contributed by atoms with E-state index >= 15 is 0 Å². The van der Waals surface area contributed by atoms with E-state index in [1.807, 2.05) is 30.3 Å². The number of nitrogens with one attached hydrogen (secondary N) is 1. The van der Waals surface area contributed by atoms with E-state index in [-0.39, 0.29) is 23.9 Å². The zero-order valence-electron chi connectivity index (χ0n) is 15.2. The summed E-state index contributed by atoms with van der Waals surface area (Å²) in [6, 6.07) is 14.1. The monoisotopic (exact) mass is 376 g/mol. The van der Waals surface area contributed by atoms with E-state index < -0.39 is 10.0 Å². The summed E-state index contributed by atoms with van der Waals surface area (Å²) in [6.45, 7) is 3.82. The SMILES string of the molecule is CCN(CC(=O)NCc1ccccc1)S(=O)(=O)c1ccc(OC)c(C)c1. The van der Waals surface area contributed by atoms with Gasteiger partial charge in [0.15, 0.2) is 0 Å². The lowest BCUT2D eigenvalue weighted by Gasteiger charge is -2.20. The number of hydrogen-bond acceptors (Lipinski definition) is 4. The summed E-state index contributed by atoms with van der Waals surface area (Å²) in [5.41, 5.74) is 1.68. The second kappa shape index (κ2) is 8.82. The molecule has 0 unspecified atom stereocenters. The lowest BCUT2D eigenvalue weighted by Crippen LogP contribution is -2.40. The van der Waals surface area contributed by atoms with Gasteiger partial charge in [-0.3, -0.25) is 4.79 Å². The zero-order chi connectivity index (χ0) is 19.2. The molecule has 0 aliphatic heterocycles. The Morgan fingerprint density at radius 2 is 1.85 bits per heavy atom. The van der Waals surface area contributed by atoms with Crippen LogP contribution in [0.5, 0.6) is 5.75 Å². The van der Waals surface area contributed by atoms with E-state index in [1.54, 1.807) is 26.0 Å². The molecule has 0 aliphatic carbocycles. The summed E-state index contributed by atoms with van der Waals surface area (Å²) in [7, 11) is -2.23. The number of methoxy groups -OCH3 is 1. The molecule has 0 atom stereocenters. The molecule has 1 N–H and O–H groups in total. The molecular weight excluding hydrogens is 352 g/mol. The van der Waals surface area contributed by atoms with E-state index in [0.717, 1.165) is 15.4 Å². The standard InChI is InChI=1S/C19H24N2O4S/c1-4-21(14-19(22)20-13-16-8-6-5-7-9-16)26(23,24)17-10-11-18(25-3)15(2)12-17/h5-12H,4,13-14H2,1-3H3,(H,20,22). The van der Waals surface area contributed by atoms with Gasteiger partial charge in [0.1, 0.15) is 5.75 Å². The topological polar surface area (TPSA) is 75.7 Å². The number of hydrogen-bond donors (Lipinski definition) is 1. The van der Waals surface area contributed by atoms with E-state index in [4.69, 9.17) is 4.74 Å². The predicted octanol–water partition coefficient (Wildman–Crippen LogP) is 2.33. The predicted molar refractivity (Wildman–Crippen MR) is 100 cm³/mol. The van der Waals surface area contributed by atoms with Gasteiger partial charge in [0.2, 0.25) is 15.9 Å². The lowest BCUT2D eigenvalue weighted by atomic mass is 10.2. The van der Waals surface area contributed by atoms with Crippen molar-refractivity contribution in [2.75, 3.05) is 20.2 Å². The summed E-state index contributed by atoms with van der Waals surface area (Å²) in [6.07, 6.45) is 0. The van der Waals surface area contributed by atoms with Gasteiger partial charge >= 0.3 is 0 Å². The molecule has 1 amide bonds. The maximum absolute atomic E-state index is 12.8. The van der Waals surface area contributed by atoms with Crippen molar-refractivity contribution in [2.45, 2.75) is 25.3 Å². The smallest absolute Gasteiger partial charge is 0.243 e. The molecule has 0 aliphatic rings. The van der Waals surface area contributed by atoms with Crippen LogP contribution in [0.2, 0.25) is 0 Å². The number of aryl methyl sites for hydroxylation is 1. The Balaban J connectivity index is 2.08. The number of nitrogens with zero attached hydrogens (tertiary/aromatic N) is 1. The van der Waals surface area contributed by atoms with Crippen LogP contribution in [0, 0.1) is 6.92 Å². The Hall–Kier alpha value is -2.38. The van der Waals surface area contributed by atoms with E-state index in [1.165, 1.54) is 13.2 Å². The third-order valence-electron chi connectivity index (χ3n) is 4.01. The van der Waals surface area contributed by atoms with Crippen molar-refractivity contribution in [3.63, 3.8) is 0 Å². The maximum atomic E-state index is 12.8. The minimum Gasteiger partial charge on any atom is -0.496 e. The molecule has 0 fully saturated rings. The summed E-state index contributed by atoms with van der Waals surface area (Å²) >= 11 is 0. The van der Waals surface area contributed by atoms with Crippen LogP contribution in [0.3, 0.4) is 0 Å². The second-order valence-corrected chi connectivity index (χ2v) is 7.76. The molecule has 2 rings (SSSR count). The lowest BCUT2D eigenvalue weighted by molar-refractivity contribution is -0.121. The van der Waals surface area contributed by atoms with Crippen LogP contribution < -0.4 is 10.1 Å². The fourth-order valence-electron chi connectivity index (χ4n) is 2.54. The van der Waals surface area contributed by atoms with Crippen LogP contribution in [0.4, 0.5) is 0 Å². The van der Waals surface area contributed by atoms with Crippen molar-refractivity contribution < 1.29 is 17.9 Å². The van der Waals surface area contributed by atoms with Crippen LogP contribution in [0.1, 0.15) is 18.1 Å². The molecule has 0 aromatic heterocycles. The molecule has 7 heteroatoms. The third kappa shape index (κ3) is 4.83. The van der Waals surface area contributed by atoms with Crippen molar-refractivity contribution in [1.29, 1.82) is 0 Å². The molecule has 0 spiro atoms. The fraction of sp³-hybridized carbons (Fsp3) is 0.316. The van der Waals surface area contributed by atoms with Crippen molar-refractivity contribution in [3.05, 3.63) is 59.7 Å². The van der Waals surface area contributed by atoms with Crippen molar-refractivity contribution in [1.82, 2.24) is 9.62 Å². The summed E-state index contributed by atoms with van der Waals surface area (Å²) in [5.74, 6) is 0.275. The number of rotatable bonds is 8. The molecule has 26 heavy (non-hydrogen) atoms. The molecule has 0 heterocycles. The van der Waals surface area contributed by atoms with Gasteiger partial charge in [-0.1, -0.05) is 37.3 Å². The van der Waals surface area contributed by atoms with Gasteiger partial charge in [-0.2, -0.15) is 4.31 Å². The van der Waals surface area contributed by atoms with E-state index in [9.17, 15) is 13.2 Å². The van der Waals surface area contributed by atoms with Crippen LogP contribution in [-0.2, 0) is 21.4 Å². The average Bonchev–Trinajstić information content (AvgIpc) is 2.65. The van der Waals surface area contributed by atoms with Gasteiger partial charge in [-0.05, 0) is 36.2 Å². The first-order valence-electron chi connectivity index (χ1n) is 8.34. The van der Waals surface area contributed by atoms with Gasteiger partial charge in [0, 0.05) is 13.1 Å². The van der Waals surface area contributed by atoms with Crippen LogP contribution >= 0.6 is 0 Å². The number of ether oxygens (including phenoxy) is 1. The largest absolute Gasteiger partial charge is 0.496 e. The molecule has 2 aromatic rings. The van der Waals surface area contributed by atoms with Crippen LogP contribution in [-0.4, -0.2) is 38.8 Å². The Bertz CT molecular complexity index is 851. The minimum atomic E-state index is -3.76. The first-order chi connectivity index (χ1) is 12.4. The summed E-state index contributed by atoms with van der Waals surface area (Å²) in [4.78, 5) is 12.3. The molecule has 0 bridgehead atoms. The fourth-order valence-corrected chi connectivity index (χ4v) is 4.03. The quantitative estimate of drug-likeness (QED) is 0.767. The van der Waals surface area contributed by atoms with Crippen LogP contribution in [0.25, 0.3) is 0 Å². The molecule has 0 saturated heterocycles. The van der Waals surface area contributed by atoms with Crippen molar-refractivity contribution in [3.8, 4) is 5.75 Å². The molecule has 0 saturated carbocycles. The highest BCUT2D eigenvalue weighted by Crippen LogP contribution is 2.23. The van der Waals surface area contributed by atoms with Crippen LogP contribution in [0.15, 0.2) is 53.4 Å². The Morgan fingerprint density at radius 1 is 1.15 bits per heavy atom. The zero-order valence-corrected chi connectivity index (χ0v) is 16.0. The van der Waals surface area contributed by atoms with E-state index in [2.05, 4.69) is 5.32 Å². The molecule has 6 nitrogen and oxygen atoms in total. The first-order valence-corrected chi connectivity index (χ1v) is 9.78. The van der Waals surface area contributed by atoms with Crippen molar-refractivity contribution in [2.24, 2.45) is 0 Å². The first kappa shape index (κ1) is 19.9. The maximum Gasteiger partial charge on any atom is 0.243 e. The summed E-state index contributed by atoms with van der Waals surface area (Å²) < 4.78 is 32.0. The number of carbonyl (C=O) groups is 1. The highest BCUT2D eigenvalue weighted by atomic mass is 32.2. The minimum absolute atomic E-state index is 0.147. The number of sulfonamides is 1. The van der Waals surface area contributed by atoms with E-state index in [0.29, 0.717) is 12.3 Å². The Morgan fingerprint density at radius 3 is 2.42 bits per heavy atom. The average molecular weight is 376 g/mol. The summed E-state index contributed by atoms with van der Waals surface area (Å²) in [5, 5.41) is 2.75. The highest BCUT2D eigenvalue weighted by Gasteiger charge is 2.25. The molecular formula is C19H24N2O4S. The number of likely N-dealkylation sites (N-methyl/N-ethyl adjacent to an activating group) is 1. The third-order valence-corrected chi connectivity index (χ3v) is 5.93. The number of carbonyl (C=O) groups excluding carboxylic acids is 1. The molecule has 2 aromatic carbocycles. The van der Waals surface area contributed by atoms with Gasteiger partial charge in [-0.15, -0.1) is 0 Å². The van der Waals surface area contributed by atoms with Gasteiger partial charge < -0.3 is 10.1 Å². The van der Waals surface area contributed by atoms with Crippen molar-refractivity contribution >= 4 is 15.9 Å². The van der Waals surface area contributed by atoms with Gasteiger partial charge in [0.05, 0.1) is 18.6 Å². The number of amides is 1. The van der Waals surface area contributed by atoms with Gasteiger partial charge in [-0.25, -0.2) is 8.42 Å². The molecule has 140 valence electrons. The second-order valence-electron chi connectivity index (χ2n) is 5.82. The van der Waals surface area contributed by atoms with Gasteiger partial charge in [0.25, 0.3) is 0 Å². The molecule has 0 radical (unpaired) electrons. The Labute approximate surface area is 154 Å². The highest BCUT2D eigenvalue weighted by molar-refractivity contribution is 7.89. The normalized spacial score (nSPS) is 11.4.